The molecule has 0 radical (unpaired) electrons. The third-order valence-electron chi connectivity index (χ3n) is 2.81. The van der Waals surface area contributed by atoms with Crippen LogP contribution in [0.25, 0.3) is 0 Å². The Morgan fingerprint density at radius 2 is 1.89 bits per heavy atom. The maximum Gasteiger partial charge on any atom is 0.124 e. The Balaban J connectivity index is 2.74. The Morgan fingerprint density at radius 3 is 2.50 bits per heavy atom. The first-order valence-electron chi connectivity index (χ1n) is 6.07. The maximum atomic E-state index is 6.16. The van der Waals surface area contributed by atoms with E-state index >= 15 is 0 Å². The lowest BCUT2D eigenvalue weighted by molar-refractivity contribution is 0.0632. The predicted octanol–water partition coefficient (Wildman–Crippen LogP) is 1.97. The molecule has 1 rings (SSSR count). The number of hydrogen-bond acceptors (Lipinski definition) is 4. The van der Waals surface area contributed by atoms with Gasteiger partial charge in [0.15, 0.2) is 0 Å². The van der Waals surface area contributed by atoms with Crippen molar-refractivity contribution in [2.45, 2.75) is 19.9 Å². The molecule has 0 heterocycles. The highest BCUT2D eigenvalue weighted by Gasteiger charge is 2.15. The fraction of sp³-hybridized carbons (Fsp3) is 0.571. The van der Waals surface area contributed by atoms with Crippen molar-refractivity contribution in [1.82, 2.24) is 0 Å². The number of aryl methyl sites for hydroxylation is 2. The molecule has 0 aliphatic heterocycles. The highest BCUT2D eigenvalue weighted by Crippen LogP contribution is 2.29. The van der Waals surface area contributed by atoms with E-state index in [1.54, 1.807) is 14.2 Å². The van der Waals surface area contributed by atoms with E-state index in [1.807, 2.05) is 19.9 Å². The van der Waals surface area contributed by atoms with Gasteiger partial charge in [0.2, 0.25) is 0 Å². The van der Waals surface area contributed by atoms with Gasteiger partial charge in [0.25, 0.3) is 0 Å². The zero-order valence-corrected chi connectivity index (χ0v) is 11.7. The van der Waals surface area contributed by atoms with Crippen molar-refractivity contribution in [3.05, 3.63) is 28.8 Å². The zero-order chi connectivity index (χ0) is 13.5. The summed E-state index contributed by atoms with van der Waals surface area (Å²) in [7, 11) is 3.31. The summed E-state index contributed by atoms with van der Waals surface area (Å²) in [4.78, 5) is 0. The van der Waals surface area contributed by atoms with Crippen LogP contribution in [0.1, 0.15) is 22.7 Å². The monoisotopic (exact) mass is 253 g/mol. The first-order valence-corrected chi connectivity index (χ1v) is 6.07. The molecular formula is C14H23NO3. The lowest BCUT2D eigenvalue weighted by Gasteiger charge is -2.19. The molecule has 0 amide bonds. The Hall–Kier alpha value is -1.10. The normalized spacial score (nSPS) is 12.5. The summed E-state index contributed by atoms with van der Waals surface area (Å²) in [6, 6.07) is 3.92. The number of ether oxygens (including phenoxy) is 3. The number of rotatable bonds is 7. The van der Waals surface area contributed by atoms with Crippen LogP contribution in [-0.4, -0.2) is 34.0 Å². The SMILES string of the molecule is COCCOCC(N)c1c(C)cc(C)cc1OC. The van der Waals surface area contributed by atoms with Gasteiger partial charge in [0, 0.05) is 12.7 Å². The van der Waals surface area contributed by atoms with Gasteiger partial charge < -0.3 is 19.9 Å². The summed E-state index contributed by atoms with van der Waals surface area (Å²) >= 11 is 0. The van der Waals surface area contributed by atoms with Gasteiger partial charge in [0.1, 0.15) is 5.75 Å². The Morgan fingerprint density at radius 1 is 1.17 bits per heavy atom. The Bertz CT molecular complexity index is 380. The molecule has 0 bridgehead atoms. The van der Waals surface area contributed by atoms with Gasteiger partial charge >= 0.3 is 0 Å². The average molecular weight is 253 g/mol. The number of methoxy groups -OCH3 is 2. The minimum atomic E-state index is -0.183. The van der Waals surface area contributed by atoms with Gasteiger partial charge in [-0.2, -0.15) is 0 Å². The standard InChI is InChI=1S/C14H23NO3/c1-10-7-11(2)14(13(8-10)17-4)12(15)9-18-6-5-16-3/h7-8,12H,5-6,9,15H2,1-4H3. The molecule has 4 nitrogen and oxygen atoms in total. The van der Waals surface area contributed by atoms with Crippen LogP contribution >= 0.6 is 0 Å². The van der Waals surface area contributed by atoms with Crippen LogP contribution in [0, 0.1) is 13.8 Å². The molecule has 0 fully saturated rings. The first-order chi connectivity index (χ1) is 8.60. The lowest BCUT2D eigenvalue weighted by Crippen LogP contribution is -2.20. The molecule has 102 valence electrons. The van der Waals surface area contributed by atoms with Crippen LogP contribution in [0.5, 0.6) is 5.75 Å². The van der Waals surface area contributed by atoms with E-state index in [2.05, 4.69) is 6.07 Å². The topological polar surface area (TPSA) is 53.7 Å². The minimum Gasteiger partial charge on any atom is -0.496 e. The summed E-state index contributed by atoms with van der Waals surface area (Å²) in [5.74, 6) is 0.829. The molecule has 0 saturated heterocycles. The van der Waals surface area contributed by atoms with Crippen molar-refractivity contribution in [2.75, 3.05) is 34.0 Å². The molecule has 0 aliphatic carbocycles. The van der Waals surface area contributed by atoms with Crippen molar-refractivity contribution in [3.63, 3.8) is 0 Å². The molecule has 0 spiro atoms. The van der Waals surface area contributed by atoms with Crippen molar-refractivity contribution < 1.29 is 14.2 Å². The molecule has 0 saturated carbocycles. The second-order valence-corrected chi connectivity index (χ2v) is 4.37. The van der Waals surface area contributed by atoms with E-state index in [0.717, 1.165) is 16.9 Å². The van der Waals surface area contributed by atoms with Gasteiger partial charge in [-0.3, -0.25) is 0 Å². The van der Waals surface area contributed by atoms with Gasteiger partial charge in [-0.05, 0) is 31.0 Å². The maximum absolute atomic E-state index is 6.16. The van der Waals surface area contributed by atoms with E-state index in [4.69, 9.17) is 19.9 Å². The van der Waals surface area contributed by atoms with Crippen molar-refractivity contribution >= 4 is 0 Å². The van der Waals surface area contributed by atoms with Crippen LogP contribution in [-0.2, 0) is 9.47 Å². The van der Waals surface area contributed by atoms with E-state index in [-0.39, 0.29) is 6.04 Å². The van der Waals surface area contributed by atoms with Crippen molar-refractivity contribution in [3.8, 4) is 5.75 Å². The molecule has 4 heteroatoms. The van der Waals surface area contributed by atoms with Crippen LogP contribution in [0.3, 0.4) is 0 Å². The van der Waals surface area contributed by atoms with Crippen LogP contribution in [0.4, 0.5) is 0 Å². The highest BCUT2D eigenvalue weighted by atomic mass is 16.5. The first kappa shape index (κ1) is 15.0. The largest absolute Gasteiger partial charge is 0.496 e. The fourth-order valence-corrected chi connectivity index (χ4v) is 2.02. The lowest BCUT2D eigenvalue weighted by atomic mass is 9.99. The van der Waals surface area contributed by atoms with Gasteiger partial charge in [-0.1, -0.05) is 6.07 Å². The van der Waals surface area contributed by atoms with E-state index in [0.29, 0.717) is 19.8 Å². The zero-order valence-electron chi connectivity index (χ0n) is 11.7. The second-order valence-electron chi connectivity index (χ2n) is 4.37. The van der Waals surface area contributed by atoms with Crippen LogP contribution in [0.15, 0.2) is 12.1 Å². The Labute approximate surface area is 109 Å². The molecule has 18 heavy (non-hydrogen) atoms. The summed E-state index contributed by atoms with van der Waals surface area (Å²) < 4.78 is 15.8. The quantitative estimate of drug-likeness (QED) is 0.755. The average Bonchev–Trinajstić information content (AvgIpc) is 2.33. The van der Waals surface area contributed by atoms with Crippen LogP contribution in [0.2, 0.25) is 0 Å². The molecule has 2 N–H and O–H groups in total. The fourth-order valence-electron chi connectivity index (χ4n) is 2.02. The molecule has 1 unspecified atom stereocenters. The minimum absolute atomic E-state index is 0.183. The summed E-state index contributed by atoms with van der Waals surface area (Å²) in [5, 5.41) is 0. The molecular weight excluding hydrogens is 230 g/mol. The molecule has 0 aliphatic rings. The van der Waals surface area contributed by atoms with E-state index < -0.39 is 0 Å². The van der Waals surface area contributed by atoms with Gasteiger partial charge in [-0.15, -0.1) is 0 Å². The number of benzene rings is 1. The van der Waals surface area contributed by atoms with Crippen molar-refractivity contribution in [2.24, 2.45) is 5.73 Å². The smallest absolute Gasteiger partial charge is 0.124 e. The summed E-state index contributed by atoms with van der Waals surface area (Å²) in [5.41, 5.74) is 9.47. The number of nitrogens with two attached hydrogens (primary N) is 1. The van der Waals surface area contributed by atoms with Gasteiger partial charge in [-0.25, -0.2) is 0 Å². The second kappa shape index (κ2) is 7.36. The number of hydrogen-bond donors (Lipinski definition) is 1. The molecule has 1 aromatic carbocycles. The molecule has 1 aromatic rings. The Kier molecular flexibility index (Phi) is 6.12. The molecule has 0 aromatic heterocycles. The van der Waals surface area contributed by atoms with Crippen molar-refractivity contribution in [1.29, 1.82) is 0 Å². The van der Waals surface area contributed by atoms with Gasteiger partial charge in [0.05, 0.1) is 33.0 Å². The van der Waals surface area contributed by atoms with Crippen LogP contribution < -0.4 is 10.5 Å². The summed E-state index contributed by atoms with van der Waals surface area (Å²) in [6.45, 7) is 5.68. The highest BCUT2D eigenvalue weighted by molar-refractivity contribution is 5.44. The third-order valence-corrected chi connectivity index (χ3v) is 2.81. The predicted molar refractivity (Wildman–Crippen MR) is 72.1 cm³/mol. The molecule has 1 atom stereocenters. The summed E-state index contributed by atoms with van der Waals surface area (Å²) in [6.07, 6.45) is 0. The van der Waals surface area contributed by atoms with E-state index in [9.17, 15) is 0 Å². The van der Waals surface area contributed by atoms with E-state index in [1.165, 1.54) is 5.56 Å². The third kappa shape index (κ3) is 3.98.